The Hall–Kier alpha value is -1.53. The molecule has 0 aromatic heterocycles. The van der Waals surface area contributed by atoms with Gasteiger partial charge in [-0.05, 0) is 31.0 Å². The van der Waals surface area contributed by atoms with Gasteiger partial charge in [-0.1, -0.05) is 19.4 Å². The number of benzene rings is 1. The van der Waals surface area contributed by atoms with E-state index in [1.54, 1.807) is 0 Å². The number of aryl methyl sites for hydroxylation is 1. The Morgan fingerprint density at radius 2 is 2.18 bits per heavy atom. The van der Waals surface area contributed by atoms with Crippen LogP contribution in [0.5, 0.6) is 0 Å². The van der Waals surface area contributed by atoms with E-state index in [1.165, 1.54) is 0 Å². The van der Waals surface area contributed by atoms with Crippen molar-refractivity contribution in [2.24, 2.45) is 0 Å². The van der Waals surface area contributed by atoms with E-state index in [0.29, 0.717) is 12.2 Å². The fourth-order valence-electron chi connectivity index (χ4n) is 1.51. The summed E-state index contributed by atoms with van der Waals surface area (Å²) in [6.07, 6.45) is 2.26. The number of anilines is 1. The minimum Gasteiger partial charge on any atom is -0.382 e. The van der Waals surface area contributed by atoms with Crippen molar-refractivity contribution in [3.05, 3.63) is 29.3 Å². The molecule has 1 aromatic carbocycles. The number of unbranched alkanes of at least 4 members (excludes halogenated alkanes) is 1. The lowest BCUT2D eigenvalue weighted by atomic mass is 10.1. The van der Waals surface area contributed by atoms with Crippen molar-refractivity contribution in [2.75, 3.05) is 25.1 Å². The molecule has 0 bridgehead atoms. The van der Waals surface area contributed by atoms with Gasteiger partial charge in [0, 0.05) is 13.2 Å². The highest BCUT2D eigenvalue weighted by molar-refractivity contribution is 5.58. The first-order valence-electron chi connectivity index (χ1n) is 6.10. The van der Waals surface area contributed by atoms with Crippen LogP contribution >= 0.6 is 0 Å². The normalized spacial score (nSPS) is 9.94. The fraction of sp³-hybridized carbons (Fsp3) is 0.500. The number of nitrogens with one attached hydrogen (secondary N) is 1. The van der Waals surface area contributed by atoms with Gasteiger partial charge in [-0.2, -0.15) is 5.26 Å². The van der Waals surface area contributed by atoms with Crippen LogP contribution in [0.2, 0.25) is 0 Å². The summed E-state index contributed by atoms with van der Waals surface area (Å²) in [5.74, 6) is 0. The number of rotatable bonds is 7. The average Bonchev–Trinajstić information content (AvgIpc) is 2.34. The van der Waals surface area contributed by atoms with E-state index in [9.17, 15) is 0 Å². The molecule has 0 aliphatic rings. The molecule has 0 saturated heterocycles. The monoisotopic (exact) mass is 232 g/mol. The van der Waals surface area contributed by atoms with Gasteiger partial charge >= 0.3 is 0 Å². The van der Waals surface area contributed by atoms with Gasteiger partial charge < -0.3 is 10.1 Å². The van der Waals surface area contributed by atoms with Crippen LogP contribution in [0.25, 0.3) is 0 Å². The fourth-order valence-corrected chi connectivity index (χ4v) is 1.51. The summed E-state index contributed by atoms with van der Waals surface area (Å²) >= 11 is 0. The second-order valence-electron chi connectivity index (χ2n) is 4.05. The van der Waals surface area contributed by atoms with Crippen LogP contribution in [-0.4, -0.2) is 19.8 Å². The van der Waals surface area contributed by atoms with Crippen LogP contribution in [0.3, 0.4) is 0 Å². The minimum absolute atomic E-state index is 0.679. The number of nitrogens with zero attached hydrogens (tertiary/aromatic N) is 1. The molecule has 1 N–H and O–H groups in total. The molecule has 0 aliphatic heterocycles. The second-order valence-corrected chi connectivity index (χ2v) is 4.05. The van der Waals surface area contributed by atoms with Gasteiger partial charge in [-0.15, -0.1) is 0 Å². The highest BCUT2D eigenvalue weighted by atomic mass is 16.5. The van der Waals surface area contributed by atoms with E-state index in [0.717, 1.165) is 37.2 Å². The largest absolute Gasteiger partial charge is 0.382 e. The van der Waals surface area contributed by atoms with Crippen LogP contribution in [0, 0.1) is 18.3 Å². The van der Waals surface area contributed by atoms with Crippen molar-refractivity contribution in [1.82, 2.24) is 0 Å². The predicted octanol–water partition coefficient (Wildman–Crippen LogP) is 3.10. The summed E-state index contributed by atoms with van der Waals surface area (Å²) in [6.45, 7) is 6.40. The molecule has 0 fully saturated rings. The Bertz CT molecular complexity index is 382. The Balaban J connectivity index is 2.36. The molecule has 0 heterocycles. The second kappa shape index (κ2) is 7.70. The Labute approximate surface area is 103 Å². The van der Waals surface area contributed by atoms with E-state index in [4.69, 9.17) is 10.00 Å². The van der Waals surface area contributed by atoms with Crippen molar-refractivity contribution in [3.63, 3.8) is 0 Å². The van der Waals surface area contributed by atoms with Crippen LogP contribution in [0.4, 0.5) is 5.69 Å². The SMILES string of the molecule is CCCCOCCNc1cc(C)ccc1C#N. The number of ether oxygens (including phenoxy) is 1. The molecule has 0 spiro atoms. The van der Waals surface area contributed by atoms with Gasteiger partial charge in [0.05, 0.1) is 17.9 Å². The summed E-state index contributed by atoms with van der Waals surface area (Å²) < 4.78 is 5.45. The van der Waals surface area contributed by atoms with Gasteiger partial charge in [0.2, 0.25) is 0 Å². The highest BCUT2D eigenvalue weighted by Crippen LogP contribution is 2.16. The molecule has 1 rings (SSSR count). The zero-order valence-corrected chi connectivity index (χ0v) is 10.6. The van der Waals surface area contributed by atoms with E-state index in [2.05, 4.69) is 18.3 Å². The van der Waals surface area contributed by atoms with E-state index < -0.39 is 0 Å². The van der Waals surface area contributed by atoms with Gasteiger partial charge in [0.1, 0.15) is 6.07 Å². The van der Waals surface area contributed by atoms with Crippen molar-refractivity contribution in [2.45, 2.75) is 26.7 Å². The topological polar surface area (TPSA) is 45.0 Å². The van der Waals surface area contributed by atoms with Gasteiger partial charge in [0.15, 0.2) is 0 Å². The maximum absolute atomic E-state index is 8.96. The third-order valence-corrected chi connectivity index (χ3v) is 2.50. The van der Waals surface area contributed by atoms with Crippen molar-refractivity contribution >= 4 is 5.69 Å². The summed E-state index contributed by atoms with van der Waals surface area (Å²) in [4.78, 5) is 0. The number of hydrogen-bond acceptors (Lipinski definition) is 3. The number of hydrogen-bond donors (Lipinski definition) is 1. The number of nitriles is 1. The lowest BCUT2D eigenvalue weighted by Gasteiger charge is -2.09. The van der Waals surface area contributed by atoms with Crippen LogP contribution in [0.15, 0.2) is 18.2 Å². The molecule has 0 atom stereocenters. The molecule has 0 radical (unpaired) electrons. The first-order valence-corrected chi connectivity index (χ1v) is 6.10. The first kappa shape index (κ1) is 13.5. The van der Waals surface area contributed by atoms with Crippen molar-refractivity contribution < 1.29 is 4.74 Å². The molecule has 92 valence electrons. The predicted molar refractivity (Wildman–Crippen MR) is 70.1 cm³/mol. The molecule has 1 aromatic rings. The third kappa shape index (κ3) is 4.88. The molecule has 0 amide bonds. The highest BCUT2D eigenvalue weighted by Gasteiger charge is 2.00. The lowest BCUT2D eigenvalue weighted by molar-refractivity contribution is 0.141. The van der Waals surface area contributed by atoms with Crippen LogP contribution in [-0.2, 0) is 4.74 Å². The first-order chi connectivity index (χ1) is 8.27. The quantitative estimate of drug-likeness (QED) is 0.735. The van der Waals surface area contributed by atoms with Crippen LogP contribution in [0.1, 0.15) is 30.9 Å². The van der Waals surface area contributed by atoms with E-state index in [1.807, 2.05) is 25.1 Å². The Kier molecular flexibility index (Phi) is 6.13. The minimum atomic E-state index is 0.679. The standard InChI is InChI=1S/C14H20N2O/c1-3-4-8-17-9-7-16-14-10-12(2)5-6-13(14)11-15/h5-6,10,16H,3-4,7-9H2,1-2H3. The average molecular weight is 232 g/mol. The van der Waals surface area contributed by atoms with Gasteiger partial charge in [-0.3, -0.25) is 0 Å². The van der Waals surface area contributed by atoms with Crippen LogP contribution < -0.4 is 5.32 Å². The molecule has 0 aliphatic carbocycles. The maximum Gasteiger partial charge on any atom is 0.101 e. The lowest BCUT2D eigenvalue weighted by Crippen LogP contribution is -2.11. The van der Waals surface area contributed by atoms with Crippen molar-refractivity contribution in [3.8, 4) is 6.07 Å². The Morgan fingerprint density at radius 1 is 1.35 bits per heavy atom. The summed E-state index contributed by atoms with van der Waals surface area (Å²) in [5.41, 5.74) is 2.73. The molecular weight excluding hydrogens is 212 g/mol. The van der Waals surface area contributed by atoms with Gasteiger partial charge in [-0.25, -0.2) is 0 Å². The molecule has 3 heteroatoms. The molecule has 0 unspecified atom stereocenters. The molecule has 3 nitrogen and oxygen atoms in total. The maximum atomic E-state index is 8.96. The Morgan fingerprint density at radius 3 is 2.88 bits per heavy atom. The summed E-state index contributed by atoms with van der Waals surface area (Å²) in [5, 5.41) is 12.2. The van der Waals surface area contributed by atoms with Gasteiger partial charge in [0.25, 0.3) is 0 Å². The third-order valence-electron chi connectivity index (χ3n) is 2.50. The van der Waals surface area contributed by atoms with E-state index >= 15 is 0 Å². The summed E-state index contributed by atoms with van der Waals surface area (Å²) in [7, 11) is 0. The summed E-state index contributed by atoms with van der Waals surface area (Å²) in [6, 6.07) is 7.96. The molecular formula is C14H20N2O. The molecule has 17 heavy (non-hydrogen) atoms. The zero-order chi connectivity index (χ0) is 12.5. The van der Waals surface area contributed by atoms with E-state index in [-0.39, 0.29) is 0 Å². The smallest absolute Gasteiger partial charge is 0.101 e. The zero-order valence-electron chi connectivity index (χ0n) is 10.6. The van der Waals surface area contributed by atoms with Crippen molar-refractivity contribution in [1.29, 1.82) is 5.26 Å². The molecule has 0 saturated carbocycles.